The van der Waals surface area contributed by atoms with Crippen molar-refractivity contribution < 1.29 is 0 Å². The van der Waals surface area contributed by atoms with Gasteiger partial charge in [-0.15, -0.1) is 5.10 Å². The zero-order valence-electron chi connectivity index (χ0n) is 13.2. The van der Waals surface area contributed by atoms with Crippen molar-refractivity contribution in [3.8, 4) is 6.07 Å². The lowest BCUT2D eigenvalue weighted by atomic mass is 10.2. The van der Waals surface area contributed by atoms with E-state index < -0.39 is 0 Å². The molecule has 6 nitrogen and oxygen atoms in total. The summed E-state index contributed by atoms with van der Waals surface area (Å²) >= 11 is 0. The Morgan fingerprint density at radius 3 is 2.75 bits per heavy atom. The van der Waals surface area contributed by atoms with Gasteiger partial charge < -0.3 is 10.2 Å². The molecule has 0 atom stereocenters. The first kappa shape index (κ1) is 15.4. The summed E-state index contributed by atoms with van der Waals surface area (Å²) in [5, 5.41) is 20.2. The highest BCUT2D eigenvalue weighted by Gasteiger charge is 2.07. The molecule has 24 heavy (non-hydrogen) atoms. The lowest BCUT2D eigenvalue weighted by molar-refractivity contribution is 0.831. The van der Waals surface area contributed by atoms with Gasteiger partial charge >= 0.3 is 0 Å². The number of nitrogens with one attached hydrogen (secondary N) is 1. The van der Waals surface area contributed by atoms with Crippen molar-refractivity contribution in [2.24, 2.45) is 0 Å². The van der Waals surface area contributed by atoms with E-state index in [1.807, 2.05) is 42.3 Å². The minimum absolute atomic E-state index is 0.528. The minimum Gasteiger partial charge on any atom is -0.339 e. The molecule has 1 aromatic heterocycles. The average Bonchev–Trinajstić information content (AvgIpc) is 2.63. The fourth-order valence-electron chi connectivity index (χ4n) is 2.26. The molecule has 0 unspecified atom stereocenters. The largest absolute Gasteiger partial charge is 0.339 e. The molecule has 1 heterocycles. The highest BCUT2D eigenvalue weighted by atomic mass is 15.3. The van der Waals surface area contributed by atoms with E-state index in [4.69, 9.17) is 5.26 Å². The van der Waals surface area contributed by atoms with E-state index in [2.05, 4.69) is 38.7 Å². The molecule has 0 aliphatic rings. The van der Waals surface area contributed by atoms with Crippen LogP contribution < -0.4 is 10.2 Å². The van der Waals surface area contributed by atoms with Crippen LogP contribution in [-0.2, 0) is 6.54 Å². The molecule has 0 saturated heterocycles. The highest BCUT2D eigenvalue weighted by molar-refractivity contribution is 5.58. The van der Waals surface area contributed by atoms with Gasteiger partial charge in [0.2, 0.25) is 5.95 Å². The van der Waals surface area contributed by atoms with E-state index in [1.54, 1.807) is 18.3 Å². The van der Waals surface area contributed by atoms with Crippen LogP contribution in [0.1, 0.15) is 11.1 Å². The molecule has 0 amide bonds. The number of benzene rings is 2. The molecule has 118 valence electrons. The van der Waals surface area contributed by atoms with Crippen molar-refractivity contribution in [2.45, 2.75) is 6.54 Å². The maximum Gasteiger partial charge on any atom is 0.247 e. The number of rotatable bonds is 5. The topological polar surface area (TPSA) is 77.7 Å². The second-order valence-electron chi connectivity index (χ2n) is 5.30. The van der Waals surface area contributed by atoms with Gasteiger partial charge in [-0.25, -0.2) is 0 Å². The fraction of sp³-hybridized carbons (Fsp3) is 0.111. The van der Waals surface area contributed by atoms with E-state index in [0.717, 1.165) is 5.69 Å². The third kappa shape index (κ3) is 3.84. The predicted molar refractivity (Wildman–Crippen MR) is 92.8 cm³/mol. The summed E-state index contributed by atoms with van der Waals surface area (Å²) in [7, 11) is 1.92. The van der Waals surface area contributed by atoms with Crippen LogP contribution in [0.25, 0.3) is 0 Å². The van der Waals surface area contributed by atoms with E-state index in [-0.39, 0.29) is 0 Å². The number of anilines is 3. The number of nitrogens with zero attached hydrogens (tertiary/aromatic N) is 5. The van der Waals surface area contributed by atoms with Gasteiger partial charge in [0, 0.05) is 19.3 Å². The first-order valence-electron chi connectivity index (χ1n) is 7.46. The Morgan fingerprint density at radius 1 is 1.12 bits per heavy atom. The molecule has 0 bridgehead atoms. The van der Waals surface area contributed by atoms with Crippen molar-refractivity contribution in [1.29, 1.82) is 5.26 Å². The Balaban J connectivity index is 1.75. The molecule has 0 radical (unpaired) electrons. The number of hydrogen-bond acceptors (Lipinski definition) is 6. The molecule has 0 spiro atoms. The summed E-state index contributed by atoms with van der Waals surface area (Å²) in [6.45, 7) is 0.690. The predicted octanol–water partition coefficient (Wildman–Crippen LogP) is 3.12. The Bertz CT molecular complexity index is 857. The van der Waals surface area contributed by atoms with Crippen LogP contribution in [0.2, 0.25) is 0 Å². The molecule has 0 aliphatic heterocycles. The van der Waals surface area contributed by atoms with Crippen LogP contribution in [0, 0.1) is 11.3 Å². The third-order valence-electron chi connectivity index (χ3n) is 3.42. The molecule has 0 fully saturated rings. The van der Waals surface area contributed by atoms with Gasteiger partial charge in [-0.05, 0) is 23.8 Å². The van der Waals surface area contributed by atoms with Crippen molar-refractivity contribution in [3.63, 3.8) is 0 Å². The highest BCUT2D eigenvalue weighted by Crippen LogP contribution is 2.17. The Morgan fingerprint density at radius 2 is 1.96 bits per heavy atom. The Kier molecular flexibility index (Phi) is 4.63. The van der Waals surface area contributed by atoms with Crippen LogP contribution in [0.4, 0.5) is 17.5 Å². The lowest BCUT2D eigenvalue weighted by Gasteiger charge is -2.17. The average molecular weight is 316 g/mol. The molecule has 3 aromatic rings. The summed E-state index contributed by atoms with van der Waals surface area (Å²) < 4.78 is 0. The summed E-state index contributed by atoms with van der Waals surface area (Å²) in [5.74, 6) is 1.11. The Hall–Kier alpha value is -3.46. The van der Waals surface area contributed by atoms with Crippen molar-refractivity contribution in [2.75, 3.05) is 17.3 Å². The third-order valence-corrected chi connectivity index (χ3v) is 3.42. The minimum atomic E-state index is 0.528. The number of hydrogen-bond donors (Lipinski definition) is 1. The van der Waals surface area contributed by atoms with Crippen LogP contribution in [0.15, 0.2) is 60.8 Å². The van der Waals surface area contributed by atoms with Crippen LogP contribution in [0.5, 0.6) is 0 Å². The molecule has 3 rings (SSSR count). The van der Waals surface area contributed by atoms with E-state index in [0.29, 0.717) is 23.9 Å². The second-order valence-corrected chi connectivity index (χ2v) is 5.30. The number of aromatic nitrogens is 3. The van der Waals surface area contributed by atoms with E-state index >= 15 is 0 Å². The van der Waals surface area contributed by atoms with Crippen LogP contribution in [-0.4, -0.2) is 22.2 Å². The maximum absolute atomic E-state index is 8.96. The summed E-state index contributed by atoms with van der Waals surface area (Å²) in [4.78, 5) is 6.41. The number of nitriles is 1. The second kappa shape index (κ2) is 7.20. The quantitative estimate of drug-likeness (QED) is 0.779. The fourth-order valence-corrected chi connectivity index (χ4v) is 2.26. The molecule has 6 heteroatoms. The molecular weight excluding hydrogens is 300 g/mol. The van der Waals surface area contributed by atoms with Gasteiger partial charge in [-0.3, -0.25) is 0 Å². The first-order chi connectivity index (χ1) is 11.7. The van der Waals surface area contributed by atoms with Gasteiger partial charge in [-0.1, -0.05) is 36.4 Å². The van der Waals surface area contributed by atoms with Crippen LogP contribution in [0.3, 0.4) is 0 Å². The SMILES string of the molecule is CN(Cc1ccccc1)c1nncc(Nc2cccc(C#N)c2)n1. The zero-order valence-corrected chi connectivity index (χ0v) is 13.2. The Labute approximate surface area is 140 Å². The van der Waals surface area contributed by atoms with Gasteiger partial charge in [-0.2, -0.15) is 15.3 Å². The standard InChI is InChI=1S/C18H16N6/c1-24(13-14-6-3-2-4-7-14)18-22-17(12-20-23-18)21-16-9-5-8-15(10-16)11-19/h2-10,12H,13H2,1H3,(H,21,22,23). The smallest absolute Gasteiger partial charge is 0.247 e. The zero-order chi connectivity index (χ0) is 16.8. The molecule has 0 saturated carbocycles. The van der Waals surface area contributed by atoms with E-state index in [1.165, 1.54) is 5.56 Å². The maximum atomic E-state index is 8.96. The van der Waals surface area contributed by atoms with Crippen LogP contribution >= 0.6 is 0 Å². The van der Waals surface area contributed by atoms with Crippen molar-refractivity contribution in [1.82, 2.24) is 15.2 Å². The van der Waals surface area contributed by atoms with Gasteiger partial charge in [0.05, 0.1) is 17.8 Å². The monoisotopic (exact) mass is 316 g/mol. The summed E-state index contributed by atoms with van der Waals surface area (Å²) in [5.41, 5.74) is 2.54. The molecule has 0 aliphatic carbocycles. The normalized spacial score (nSPS) is 10.0. The van der Waals surface area contributed by atoms with Crippen molar-refractivity contribution >= 4 is 17.5 Å². The first-order valence-corrected chi connectivity index (χ1v) is 7.46. The van der Waals surface area contributed by atoms with Crippen molar-refractivity contribution in [3.05, 3.63) is 71.9 Å². The van der Waals surface area contributed by atoms with Gasteiger partial charge in [0.15, 0.2) is 5.82 Å². The van der Waals surface area contributed by atoms with Gasteiger partial charge in [0.25, 0.3) is 0 Å². The molecule has 1 N–H and O–H groups in total. The summed E-state index contributed by atoms with van der Waals surface area (Å²) in [6, 6.07) is 19.4. The van der Waals surface area contributed by atoms with Gasteiger partial charge in [0.1, 0.15) is 0 Å². The molecular formula is C18H16N6. The molecule has 2 aromatic carbocycles. The lowest BCUT2D eigenvalue weighted by Crippen LogP contribution is -2.19. The summed E-state index contributed by atoms with van der Waals surface area (Å²) in [6.07, 6.45) is 1.55. The van der Waals surface area contributed by atoms with E-state index in [9.17, 15) is 0 Å².